The SMILES string of the molecule is O=C(O)C=C(c1cccnc1)n1cncn1. The van der Waals surface area contributed by atoms with Crippen LogP contribution in [-0.2, 0) is 4.79 Å². The Hall–Kier alpha value is -2.50. The number of nitrogens with zero attached hydrogens (tertiary/aromatic N) is 4. The lowest BCUT2D eigenvalue weighted by atomic mass is 10.2. The Kier molecular flexibility index (Phi) is 2.73. The minimum absolute atomic E-state index is 0.415. The fourth-order valence-corrected chi connectivity index (χ4v) is 1.25. The highest BCUT2D eigenvalue weighted by atomic mass is 16.4. The predicted molar refractivity (Wildman–Crippen MR) is 55.3 cm³/mol. The number of pyridine rings is 1. The molecule has 0 aromatic carbocycles. The van der Waals surface area contributed by atoms with Crippen LogP contribution in [0.3, 0.4) is 0 Å². The van der Waals surface area contributed by atoms with Crippen LogP contribution in [0, 0.1) is 0 Å². The van der Waals surface area contributed by atoms with E-state index in [-0.39, 0.29) is 0 Å². The zero-order chi connectivity index (χ0) is 11.4. The molecule has 0 aliphatic heterocycles. The van der Waals surface area contributed by atoms with E-state index in [2.05, 4.69) is 15.1 Å². The molecular weight excluding hydrogens is 208 g/mol. The van der Waals surface area contributed by atoms with Gasteiger partial charge in [0.05, 0.1) is 5.70 Å². The topological polar surface area (TPSA) is 80.9 Å². The average molecular weight is 216 g/mol. The van der Waals surface area contributed by atoms with Crippen molar-refractivity contribution >= 4 is 11.7 Å². The van der Waals surface area contributed by atoms with Crippen molar-refractivity contribution in [3.8, 4) is 0 Å². The summed E-state index contributed by atoms with van der Waals surface area (Å²) >= 11 is 0. The van der Waals surface area contributed by atoms with E-state index >= 15 is 0 Å². The quantitative estimate of drug-likeness (QED) is 0.762. The molecule has 0 amide bonds. The Morgan fingerprint density at radius 3 is 2.88 bits per heavy atom. The van der Waals surface area contributed by atoms with E-state index in [4.69, 9.17) is 5.11 Å². The second kappa shape index (κ2) is 4.35. The van der Waals surface area contributed by atoms with Crippen molar-refractivity contribution in [2.75, 3.05) is 0 Å². The van der Waals surface area contributed by atoms with Gasteiger partial charge in [0.2, 0.25) is 0 Å². The van der Waals surface area contributed by atoms with E-state index in [0.29, 0.717) is 11.3 Å². The molecule has 2 aromatic heterocycles. The first kappa shape index (κ1) is 10.0. The first-order valence-electron chi connectivity index (χ1n) is 4.47. The van der Waals surface area contributed by atoms with Gasteiger partial charge in [-0.2, -0.15) is 5.10 Å². The summed E-state index contributed by atoms with van der Waals surface area (Å²) in [5.41, 5.74) is 1.08. The highest BCUT2D eigenvalue weighted by Gasteiger charge is 2.07. The van der Waals surface area contributed by atoms with E-state index in [9.17, 15) is 4.79 Å². The van der Waals surface area contributed by atoms with Crippen molar-refractivity contribution in [3.63, 3.8) is 0 Å². The van der Waals surface area contributed by atoms with Crippen LogP contribution in [0.2, 0.25) is 0 Å². The van der Waals surface area contributed by atoms with Crippen LogP contribution in [0.15, 0.2) is 43.3 Å². The van der Waals surface area contributed by atoms with Gasteiger partial charge in [-0.05, 0) is 12.1 Å². The van der Waals surface area contributed by atoms with Crippen LogP contribution in [0.4, 0.5) is 0 Å². The third-order valence-electron chi connectivity index (χ3n) is 1.88. The normalized spacial score (nSPS) is 11.4. The van der Waals surface area contributed by atoms with Crippen molar-refractivity contribution in [2.24, 2.45) is 0 Å². The van der Waals surface area contributed by atoms with Gasteiger partial charge >= 0.3 is 5.97 Å². The summed E-state index contributed by atoms with van der Waals surface area (Å²) in [4.78, 5) is 18.4. The third-order valence-corrected chi connectivity index (χ3v) is 1.88. The molecule has 0 aliphatic carbocycles. The second-order valence-corrected chi connectivity index (χ2v) is 2.95. The lowest BCUT2D eigenvalue weighted by Crippen LogP contribution is -2.03. The lowest BCUT2D eigenvalue weighted by Gasteiger charge is -2.05. The summed E-state index contributed by atoms with van der Waals surface area (Å²) in [6.45, 7) is 0. The van der Waals surface area contributed by atoms with Gasteiger partial charge in [0, 0.05) is 24.0 Å². The smallest absolute Gasteiger partial charge is 0.330 e. The first-order valence-corrected chi connectivity index (χ1v) is 4.47. The lowest BCUT2D eigenvalue weighted by molar-refractivity contribution is -0.131. The van der Waals surface area contributed by atoms with Crippen molar-refractivity contribution in [2.45, 2.75) is 0 Å². The van der Waals surface area contributed by atoms with Gasteiger partial charge in [0.25, 0.3) is 0 Å². The number of carboxylic acids is 1. The van der Waals surface area contributed by atoms with E-state index in [1.165, 1.54) is 17.3 Å². The van der Waals surface area contributed by atoms with E-state index in [1.54, 1.807) is 24.5 Å². The Labute approximate surface area is 90.9 Å². The number of carbonyl (C=O) groups is 1. The Morgan fingerprint density at radius 1 is 1.44 bits per heavy atom. The third kappa shape index (κ3) is 2.11. The maximum atomic E-state index is 10.7. The highest BCUT2D eigenvalue weighted by Crippen LogP contribution is 2.13. The average Bonchev–Trinajstić information content (AvgIpc) is 2.80. The minimum atomic E-state index is -1.05. The Bertz CT molecular complexity index is 505. The Balaban J connectivity index is 2.49. The monoisotopic (exact) mass is 216 g/mol. The zero-order valence-corrected chi connectivity index (χ0v) is 8.19. The van der Waals surface area contributed by atoms with Gasteiger partial charge in [-0.15, -0.1) is 0 Å². The van der Waals surface area contributed by atoms with Crippen molar-refractivity contribution in [3.05, 3.63) is 48.8 Å². The largest absolute Gasteiger partial charge is 0.478 e. The Morgan fingerprint density at radius 2 is 2.31 bits per heavy atom. The van der Waals surface area contributed by atoms with Gasteiger partial charge in [-0.1, -0.05) is 0 Å². The molecule has 0 aliphatic rings. The van der Waals surface area contributed by atoms with Crippen molar-refractivity contribution in [1.29, 1.82) is 0 Å². The molecule has 6 nitrogen and oxygen atoms in total. The molecule has 0 saturated heterocycles. The minimum Gasteiger partial charge on any atom is -0.478 e. The van der Waals surface area contributed by atoms with Gasteiger partial charge < -0.3 is 5.11 Å². The van der Waals surface area contributed by atoms with Crippen molar-refractivity contribution in [1.82, 2.24) is 19.7 Å². The molecule has 0 unspecified atom stereocenters. The number of rotatable bonds is 3. The van der Waals surface area contributed by atoms with Gasteiger partial charge in [0.15, 0.2) is 0 Å². The number of aliphatic carboxylic acids is 1. The molecule has 6 heteroatoms. The maximum Gasteiger partial charge on any atom is 0.330 e. The molecule has 2 heterocycles. The summed E-state index contributed by atoms with van der Waals surface area (Å²) in [6.07, 6.45) is 7.01. The molecule has 2 aromatic rings. The van der Waals surface area contributed by atoms with Crippen LogP contribution in [0.25, 0.3) is 5.70 Å². The predicted octanol–water partition coefficient (Wildman–Crippen LogP) is 0.647. The molecule has 1 N–H and O–H groups in total. The van der Waals surface area contributed by atoms with Crippen LogP contribution in [0.1, 0.15) is 5.56 Å². The fourth-order valence-electron chi connectivity index (χ4n) is 1.25. The molecule has 2 rings (SSSR count). The van der Waals surface area contributed by atoms with Crippen LogP contribution >= 0.6 is 0 Å². The summed E-state index contributed by atoms with van der Waals surface area (Å²) in [6, 6.07) is 3.48. The molecule has 0 saturated carbocycles. The van der Waals surface area contributed by atoms with E-state index < -0.39 is 5.97 Å². The fraction of sp³-hybridized carbons (Fsp3) is 0. The number of aromatic nitrogens is 4. The van der Waals surface area contributed by atoms with Gasteiger partial charge in [0.1, 0.15) is 12.7 Å². The second-order valence-electron chi connectivity index (χ2n) is 2.95. The van der Waals surface area contributed by atoms with Crippen LogP contribution in [-0.4, -0.2) is 30.8 Å². The molecule has 16 heavy (non-hydrogen) atoms. The standard InChI is InChI=1S/C10H8N4O2/c15-10(16)4-9(14-7-12-6-13-14)8-2-1-3-11-5-8/h1-7H,(H,15,16). The molecule has 80 valence electrons. The molecular formula is C10H8N4O2. The molecule has 0 spiro atoms. The van der Waals surface area contributed by atoms with E-state index in [1.807, 2.05) is 0 Å². The van der Waals surface area contributed by atoms with Gasteiger partial charge in [-0.25, -0.2) is 14.5 Å². The first-order chi connectivity index (χ1) is 7.77. The maximum absolute atomic E-state index is 10.7. The van der Waals surface area contributed by atoms with Gasteiger partial charge in [-0.3, -0.25) is 4.98 Å². The summed E-state index contributed by atoms with van der Waals surface area (Å²) < 4.78 is 1.38. The van der Waals surface area contributed by atoms with Crippen LogP contribution < -0.4 is 0 Å². The zero-order valence-electron chi connectivity index (χ0n) is 8.19. The highest BCUT2D eigenvalue weighted by molar-refractivity contribution is 5.89. The number of hydrogen-bond donors (Lipinski definition) is 1. The molecule has 0 bridgehead atoms. The van der Waals surface area contributed by atoms with Crippen LogP contribution in [0.5, 0.6) is 0 Å². The summed E-state index contributed by atoms with van der Waals surface area (Å²) in [7, 11) is 0. The summed E-state index contributed by atoms with van der Waals surface area (Å²) in [5, 5.41) is 12.7. The van der Waals surface area contributed by atoms with Crippen molar-refractivity contribution < 1.29 is 9.90 Å². The summed E-state index contributed by atoms with van der Waals surface area (Å²) in [5.74, 6) is -1.05. The van der Waals surface area contributed by atoms with E-state index in [0.717, 1.165) is 6.08 Å². The molecule has 0 radical (unpaired) electrons. The number of carboxylic acid groups (broad SMARTS) is 1. The number of hydrogen-bond acceptors (Lipinski definition) is 4. The molecule has 0 atom stereocenters. The molecule has 0 fully saturated rings.